The Kier molecular flexibility index (Phi) is 7.74. The van der Waals surface area contributed by atoms with E-state index in [1.165, 1.54) is 0 Å². The number of nitrogens with zero attached hydrogens (tertiary/aromatic N) is 1. The van der Waals surface area contributed by atoms with E-state index in [0.29, 0.717) is 19.0 Å². The molecule has 1 heterocycles. The standard InChI is InChI=1S/C16H21N3O3.ClH/c1-11-4-5-13(19-15(20)9-17-6-7-21-3)8-14(11)16-18-12(2)10-22-16;/h4-5,8,10,17H,6-7,9H2,1-3H3,(H,19,20);1H. The van der Waals surface area contributed by atoms with Crippen molar-refractivity contribution in [2.45, 2.75) is 13.8 Å². The Morgan fingerprint density at radius 1 is 1.35 bits per heavy atom. The lowest BCUT2D eigenvalue weighted by atomic mass is 10.1. The normalized spacial score (nSPS) is 10.2. The molecule has 0 radical (unpaired) electrons. The molecule has 1 aromatic heterocycles. The highest BCUT2D eigenvalue weighted by molar-refractivity contribution is 5.92. The summed E-state index contributed by atoms with van der Waals surface area (Å²) in [5.74, 6) is 0.457. The number of hydrogen-bond donors (Lipinski definition) is 2. The molecule has 0 atom stereocenters. The first kappa shape index (κ1) is 19.2. The quantitative estimate of drug-likeness (QED) is 0.758. The van der Waals surface area contributed by atoms with Gasteiger partial charge in [-0.15, -0.1) is 12.4 Å². The molecule has 0 fully saturated rings. The fourth-order valence-electron chi connectivity index (χ4n) is 1.99. The Hall–Kier alpha value is -1.89. The Labute approximate surface area is 142 Å². The predicted octanol–water partition coefficient (Wildman–Crippen LogP) is 2.55. The molecule has 126 valence electrons. The molecule has 0 aliphatic rings. The summed E-state index contributed by atoms with van der Waals surface area (Å²) in [6.45, 7) is 5.31. The van der Waals surface area contributed by atoms with Crippen LogP contribution in [0.1, 0.15) is 11.3 Å². The van der Waals surface area contributed by atoms with Crippen LogP contribution in [0.2, 0.25) is 0 Å². The van der Waals surface area contributed by atoms with Crippen molar-refractivity contribution in [3.05, 3.63) is 35.7 Å². The van der Waals surface area contributed by atoms with Gasteiger partial charge >= 0.3 is 0 Å². The molecule has 2 N–H and O–H groups in total. The van der Waals surface area contributed by atoms with E-state index in [1.54, 1.807) is 13.4 Å². The van der Waals surface area contributed by atoms with Crippen molar-refractivity contribution in [3.63, 3.8) is 0 Å². The SMILES string of the molecule is COCCNCC(=O)Nc1ccc(C)c(-c2nc(C)co2)c1.Cl. The molecule has 6 nitrogen and oxygen atoms in total. The molecule has 0 spiro atoms. The number of anilines is 1. The maximum atomic E-state index is 11.9. The van der Waals surface area contributed by atoms with Crippen LogP contribution in [-0.2, 0) is 9.53 Å². The van der Waals surface area contributed by atoms with Crippen molar-refractivity contribution in [1.29, 1.82) is 0 Å². The van der Waals surface area contributed by atoms with E-state index in [0.717, 1.165) is 22.5 Å². The fourth-order valence-corrected chi connectivity index (χ4v) is 1.99. The molecule has 0 bridgehead atoms. The molecule has 23 heavy (non-hydrogen) atoms. The van der Waals surface area contributed by atoms with Crippen molar-refractivity contribution in [3.8, 4) is 11.5 Å². The molecule has 1 amide bonds. The van der Waals surface area contributed by atoms with Gasteiger partial charge in [0, 0.05) is 24.9 Å². The number of nitrogens with one attached hydrogen (secondary N) is 2. The molecular weight excluding hydrogens is 318 g/mol. The van der Waals surface area contributed by atoms with Crippen molar-refractivity contribution in [2.24, 2.45) is 0 Å². The third kappa shape index (κ3) is 5.67. The Balaban J connectivity index is 0.00000264. The minimum Gasteiger partial charge on any atom is -0.444 e. The minimum absolute atomic E-state index is 0. The molecule has 0 saturated carbocycles. The molecular formula is C16H22ClN3O3. The van der Waals surface area contributed by atoms with Gasteiger partial charge in [0.25, 0.3) is 0 Å². The number of halogens is 1. The summed E-state index contributed by atoms with van der Waals surface area (Å²) in [5, 5.41) is 5.85. The maximum Gasteiger partial charge on any atom is 0.238 e. The summed E-state index contributed by atoms with van der Waals surface area (Å²) >= 11 is 0. The van der Waals surface area contributed by atoms with Gasteiger partial charge < -0.3 is 19.8 Å². The zero-order valence-corrected chi connectivity index (χ0v) is 14.3. The van der Waals surface area contributed by atoms with E-state index in [9.17, 15) is 4.79 Å². The summed E-state index contributed by atoms with van der Waals surface area (Å²) < 4.78 is 10.3. The lowest BCUT2D eigenvalue weighted by Gasteiger charge is -2.09. The Morgan fingerprint density at radius 3 is 2.78 bits per heavy atom. The number of aromatic nitrogens is 1. The van der Waals surface area contributed by atoms with Crippen LogP contribution in [0, 0.1) is 13.8 Å². The van der Waals surface area contributed by atoms with E-state index in [2.05, 4.69) is 15.6 Å². The summed E-state index contributed by atoms with van der Waals surface area (Å²) in [4.78, 5) is 16.2. The first-order valence-corrected chi connectivity index (χ1v) is 7.13. The van der Waals surface area contributed by atoms with Gasteiger partial charge in [0.1, 0.15) is 6.26 Å². The van der Waals surface area contributed by atoms with Crippen LogP contribution in [0.5, 0.6) is 0 Å². The number of carbonyl (C=O) groups excluding carboxylic acids is 1. The van der Waals surface area contributed by atoms with Crippen LogP contribution in [0.4, 0.5) is 5.69 Å². The third-order valence-electron chi connectivity index (χ3n) is 3.14. The van der Waals surface area contributed by atoms with Crippen LogP contribution in [0.3, 0.4) is 0 Å². The van der Waals surface area contributed by atoms with Gasteiger partial charge in [-0.2, -0.15) is 0 Å². The number of ether oxygens (including phenoxy) is 1. The number of hydrogen-bond acceptors (Lipinski definition) is 5. The average Bonchev–Trinajstić information content (AvgIpc) is 2.92. The fraction of sp³-hybridized carbons (Fsp3) is 0.375. The second-order valence-electron chi connectivity index (χ2n) is 5.04. The number of benzene rings is 1. The molecule has 0 unspecified atom stereocenters. The lowest BCUT2D eigenvalue weighted by molar-refractivity contribution is -0.115. The highest BCUT2D eigenvalue weighted by atomic mass is 35.5. The van der Waals surface area contributed by atoms with Gasteiger partial charge in [-0.05, 0) is 31.5 Å². The van der Waals surface area contributed by atoms with Crippen molar-refractivity contribution in [1.82, 2.24) is 10.3 Å². The van der Waals surface area contributed by atoms with Crippen molar-refractivity contribution < 1.29 is 13.9 Å². The van der Waals surface area contributed by atoms with Crippen molar-refractivity contribution in [2.75, 3.05) is 32.1 Å². The second kappa shape index (κ2) is 9.29. The zero-order chi connectivity index (χ0) is 15.9. The third-order valence-corrected chi connectivity index (χ3v) is 3.14. The Bertz CT molecular complexity index is 643. The number of amides is 1. The van der Waals surface area contributed by atoms with Crippen LogP contribution in [0.15, 0.2) is 28.9 Å². The second-order valence-corrected chi connectivity index (χ2v) is 5.04. The highest BCUT2D eigenvalue weighted by Crippen LogP contribution is 2.25. The summed E-state index contributed by atoms with van der Waals surface area (Å²) in [5.41, 5.74) is 3.46. The van der Waals surface area contributed by atoms with Gasteiger partial charge in [-0.25, -0.2) is 4.98 Å². The molecule has 0 aliphatic carbocycles. The maximum absolute atomic E-state index is 11.9. The lowest BCUT2D eigenvalue weighted by Crippen LogP contribution is -2.30. The van der Waals surface area contributed by atoms with Gasteiger partial charge in [-0.3, -0.25) is 4.79 Å². The average molecular weight is 340 g/mol. The van der Waals surface area contributed by atoms with Gasteiger partial charge in [-0.1, -0.05) is 6.07 Å². The highest BCUT2D eigenvalue weighted by Gasteiger charge is 2.10. The number of oxazole rings is 1. The van der Waals surface area contributed by atoms with Crippen LogP contribution in [0.25, 0.3) is 11.5 Å². The van der Waals surface area contributed by atoms with E-state index in [-0.39, 0.29) is 24.9 Å². The number of methoxy groups -OCH3 is 1. The van der Waals surface area contributed by atoms with Crippen LogP contribution >= 0.6 is 12.4 Å². The Morgan fingerprint density at radius 2 is 2.13 bits per heavy atom. The predicted molar refractivity (Wildman–Crippen MR) is 92.0 cm³/mol. The van der Waals surface area contributed by atoms with E-state index < -0.39 is 0 Å². The van der Waals surface area contributed by atoms with Gasteiger partial charge in [0.2, 0.25) is 11.8 Å². The van der Waals surface area contributed by atoms with Gasteiger partial charge in [0.05, 0.1) is 18.8 Å². The van der Waals surface area contributed by atoms with Gasteiger partial charge in [0.15, 0.2) is 0 Å². The topological polar surface area (TPSA) is 76.4 Å². The molecule has 0 saturated heterocycles. The van der Waals surface area contributed by atoms with Crippen LogP contribution < -0.4 is 10.6 Å². The number of aryl methyl sites for hydroxylation is 2. The molecule has 1 aromatic carbocycles. The number of carbonyl (C=O) groups is 1. The van der Waals surface area contributed by atoms with Crippen molar-refractivity contribution >= 4 is 24.0 Å². The van der Waals surface area contributed by atoms with Crippen LogP contribution in [-0.4, -0.2) is 37.7 Å². The van der Waals surface area contributed by atoms with E-state index >= 15 is 0 Å². The summed E-state index contributed by atoms with van der Waals surface area (Å²) in [6, 6.07) is 5.66. The summed E-state index contributed by atoms with van der Waals surface area (Å²) in [6.07, 6.45) is 1.61. The molecule has 2 aromatic rings. The first-order chi connectivity index (χ1) is 10.6. The van der Waals surface area contributed by atoms with E-state index in [1.807, 2.05) is 32.0 Å². The number of rotatable bonds is 7. The molecule has 7 heteroatoms. The monoisotopic (exact) mass is 339 g/mol. The first-order valence-electron chi connectivity index (χ1n) is 7.13. The smallest absolute Gasteiger partial charge is 0.238 e. The minimum atomic E-state index is -0.102. The summed E-state index contributed by atoms with van der Waals surface area (Å²) in [7, 11) is 1.62. The van der Waals surface area contributed by atoms with E-state index in [4.69, 9.17) is 9.15 Å². The molecule has 0 aliphatic heterocycles. The molecule has 2 rings (SSSR count). The largest absolute Gasteiger partial charge is 0.444 e. The zero-order valence-electron chi connectivity index (χ0n) is 13.5.